The molecule has 15 heavy (non-hydrogen) atoms. The lowest BCUT2D eigenvalue weighted by atomic mass is 10.1. The maximum absolute atomic E-state index is 13.2. The van der Waals surface area contributed by atoms with Gasteiger partial charge in [0, 0.05) is 6.42 Å². The maximum atomic E-state index is 13.2. The van der Waals surface area contributed by atoms with Crippen LogP contribution in [-0.2, 0) is 12.8 Å². The van der Waals surface area contributed by atoms with Crippen molar-refractivity contribution in [1.82, 2.24) is 4.98 Å². The van der Waals surface area contributed by atoms with Crippen molar-refractivity contribution in [3.05, 3.63) is 47.6 Å². The Morgan fingerprint density at radius 1 is 1.27 bits per heavy atom. The fourth-order valence-corrected chi connectivity index (χ4v) is 1.40. The van der Waals surface area contributed by atoms with Gasteiger partial charge in [-0.15, -0.1) is 0 Å². The molecule has 1 aromatic carbocycles. The molecule has 2 aromatic rings. The third-order valence-electron chi connectivity index (χ3n) is 2.17. The normalized spacial score (nSPS) is 10.5. The van der Waals surface area contributed by atoms with Crippen LogP contribution in [0.1, 0.15) is 11.3 Å². The average molecular weight is 206 g/mol. The van der Waals surface area contributed by atoms with Gasteiger partial charge >= 0.3 is 0 Å². The molecule has 4 heteroatoms. The molecule has 78 valence electrons. The predicted molar refractivity (Wildman–Crippen MR) is 54.7 cm³/mol. The molecular weight excluding hydrogens is 195 g/mol. The van der Waals surface area contributed by atoms with Gasteiger partial charge in [-0.3, -0.25) is 0 Å². The van der Waals surface area contributed by atoms with Gasteiger partial charge in [-0.25, -0.2) is 9.37 Å². The van der Waals surface area contributed by atoms with Gasteiger partial charge in [0.2, 0.25) is 0 Å². The predicted octanol–water partition coefficient (Wildman–Crippen LogP) is 2.18. The molecule has 0 fully saturated rings. The fraction of sp³-hybridized carbons (Fsp3) is 0.182. The lowest BCUT2D eigenvalue weighted by Crippen LogP contribution is -1.93. The number of aromatic nitrogens is 1. The van der Waals surface area contributed by atoms with Gasteiger partial charge in [-0.2, -0.15) is 0 Å². The van der Waals surface area contributed by atoms with Crippen LogP contribution in [0.3, 0.4) is 0 Å². The first-order valence-electron chi connectivity index (χ1n) is 4.69. The molecular formula is C11H11FN2O. The van der Waals surface area contributed by atoms with E-state index in [-0.39, 0.29) is 11.8 Å². The lowest BCUT2D eigenvalue weighted by molar-refractivity contribution is 0.518. The van der Waals surface area contributed by atoms with Crippen LogP contribution in [-0.4, -0.2) is 4.98 Å². The number of anilines is 1. The van der Waals surface area contributed by atoms with Gasteiger partial charge in [-0.1, -0.05) is 18.2 Å². The summed E-state index contributed by atoms with van der Waals surface area (Å²) in [5.74, 6) is 0.487. The average Bonchev–Trinajstić information content (AvgIpc) is 2.63. The summed E-state index contributed by atoms with van der Waals surface area (Å²) in [5, 5.41) is 0. The Labute approximate surface area is 86.7 Å². The fourth-order valence-electron chi connectivity index (χ4n) is 1.40. The monoisotopic (exact) mass is 206 g/mol. The number of nitrogens with two attached hydrogens (primary N) is 1. The highest BCUT2D eigenvalue weighted by Gasteiger charge is 2.04. The van der Waals surface area contributed by atoms with Crippen molar-refractivity contribution < 1.29 is 8.81 Å². The summed E-state index contributed by atoms with van der Waals surface area (Å²) < 4.78 is 18.3. The lowest BCUT2D eigenvalue weighted by Gasteiger charge is -2.00. The van der Waals surface area contributed by atoms with Crippen LogP contribution in [0.4, 0.5) is 10.4 Å². The maximum Gasteiger partial charge on any atom is 0.292 e. The molecule has 0 bridgehead atoms. The first kappa shape index (κ1) is 9.71. The van der Waals surface area contributed by atoms with E-state index in [1.807, 2.05) is 6.07 Å². The molecule has 2 rings (SSSR count). The van der Waals surface area contributed by atoms with Crippen LogP contribution in [0, 0.1) is 5.82 Å². The van der Waals surface area contributed by atoms with E-state index < -0.39 is 0 Å². The number of nitrogens with zero attached hydrogens (tertiary/aromatic N) is 1. The van der Waals surface area contributed by atoms with Crippen LogP contribution in [0.2, 0.25) is 0 Å². The summed E-state index contributed by atoms with van der Waals surface area (Å²) in [6, 6.07) is 6.84. The summed E-state index contributed by atoms with van der Waals surface area (Å²) in [5.41, 5.74) is 6.00. The Balaban J connectivity index is 2.02. The van der Waals surface area contributed by atoms with Crippen molar-refractivity contribution in [2.45, 2.75) is 12.8 Å². The molecule has 3 nitrogen and oxygen atoms in total. The van der Waals surface area contributed by atoms with E-state index >= 15 is 0 Å². The molecule has 0 aliphatic rings. The first-order chi connectivity index (χ1) is 7.25. The summed E-state index contributed by atoms with van der Waals surface area (Å²) >= 11 is 0. The second-order valence-corrected chi connectivity index (χ2v) is 3.26. The molecule has 0 spiro atoms. The highest BCUT2D eigenvalue weighted by Crippen LogP contribution is 2.12. The van der Waals surface area contributed by atoms with E-state index in [0.717, 1.165) is 0 Å². The Hall–Kier alpha value is -1.84. The summed E-state index contributed by atoms with van der Waals surface area (Å²) in [4.78, 5) is 3.77. The highest BCUT2D eigenvalue weighted by molar-refractivity contribution is 5.19. The van der Waals surface area contributed by atoms with Gasteiger partial charge in [0.15, 0.2) is 0 Å². The number of nitrogen functional groups attached to an aromatic ring is 1. The van der Waals surface area contributed by atoms with Gasteiger partial charge in [-0.05, 0) is 18.1 Å². The molecule has 1 aromatic heterocycles. The minimum absolute atomic E-state index is 0.151. The molecule has 0 saturated carbocycles. The molecule has 0 saturated heterocycles. The first-order valence-corrected chi connectivity index (χ1v) is 4.69. The Kier molecular flexibility index (Phi) is 2.67. The van der Waals surface area contributed by atoms with Crippen LogP contribution < -0.4 is 5.73 Å². The standard InChI is InChI=1S/C11H11FN2O/c12-10-4-2-1-3-8(10)5-6-9-7-14-11(13)15-9/h1-4,7H,5-6H2,(H2,13,14). The number of oxazole rings is 1. The van der Waals surface area contributed by atoms with E-state index in [2.05, 4.69) is 4.98 Å². The minimum atomic E-state index is -0.190. The number of rotatable bonds is 3. The topological polar surface area (TPSA) is 52.0 Å². The van der Waals surface area contributed by atoms with Crippen LogP contribution in [0.5, 0.6) is 0 Å². The molecule has 0 aliphatic carbocycles. The van der Waals surface area contributed by atoms with E-state index in [0.29, 0.717) is 24.2 Å². The minimum Gasteiger partial charge on any atom is -0.429 e. The van der Waals surface area contributed by atoms with Crippen molar-refractivity contribution in [2.24, 2.45) is 0 Å². The van der Waals surface area contributed by atoms with Crippen LogP contribution in [0.25, 0.3) is 0 Å². The largest absolute Gasteiger partial charge is 0.429 e. The van der Waals surface area contributed by atoms with Gasteiger partial charge < -0.3 is 10.2 Å². The van der Waals surface area contributed by atoms with Crippen LogP contribution >= 0.6 is 0 Å². The van der Waals surface area contributed by atoms with Crippen molar-refractivity contribution >= 4 is 6.01 Å². The number of benzene rings is 1. The number of hydrogen-bond acceptors (Lipinski definition) is 3. The quantitative estimate of drug-likeness (QED) is 0.837. The smallest absolute Gasteiger partial charge is 0.292 e. The third kappa shape index (κ3) is 2.34. The Morgan fingerprint density at radius 2 is 2.07 bits per heavy atom. The van der Waals surface area contributed by atoms with Crippen molar-refractivity contribution in [3.63, 3.8) is 0 Å². The molecule has 0 aliphatic heterocycles. The SMILES string of the molecule is Nc1ncc(CCc2ccccc2F)o1. The molecule has 2 N–H and O–H groups in total. The summed E-state index contributed by atoms with van der Waals surface area (Å²) in [6.45, 7) is 0. The molecule has 0 amide bonds. The van der Waals surface area contributed by atoms with E-state index in [1.165, 1.54) is 6.07 Å². The van der Waals surface area contributed by atoms with Crippen molar-refractivity contribution in [3.8, 4) is 0 Å². The molecule has 0 unspecified atom stereocenters. The van der Waals surface area contributed by atoms with E-state index in [1.54, 1.807) is 18.3 Å². The zero-order valence-electron chi connectivity index (χ0n) is 8.11. The summed E-state index contributed by atoms with van der Waals surface area (Å²) in [7, 11) is 0. The number of halogens is 1. The molecule has 0 atom stereocenters. The highest BCUT2D eigenvalue weighted by atomic mass is 19.1. The van der Waals surface area contributed by atoms with E-state index in [4.69, 9.17) is 10.2 Å². The van der Waals surface area contributed by atoms with Crippen LogP contribution in [0.15, 0.2) is 34.9 Å². The number of hydrogen-bond donors (Lipinski definition) is 1. The Bertz CT molecular complexity index is 453. The summed E-state index contributed by atoms with van der Waals surface area (Å²) in [6.07, 6.45) is 2.75. The van der Waals surface area contributed by atoms with Gasteiger partial charge in [0.25, 0.3) is 6.01 Å². The van der Waals surface area contributed by atoms with Gasteiger partial charge in [0.1, 0.15) is 11.6 Å². The third-order valence-corrected chi connectivity index (χ3v) is 2.17. The van der Waals surface area contributed by atoms with Gasteiger partial charge in [0.05, 0.1) is 6.20 Å². The second-order valence-electron chi connectivity index (χ2n) is 3.26. The molecule has 1 heterocycles. The number of aryl methyl sites for hydroxylation is 2. The second kappa shape index (κ2) is 4.13. The van der Waals surface area contributed by atoms with Crippen molar-refractivity contribution in [1.29, 1.82) is 0 Å². The Morgan fingerprint density at radius 3 is 2.73 bits per heavy atom. The zero-order chi connectivity index (χ0) is 10.7. The van der Waals surface area contributed by atoms with E-state index in [9.17, 15) is 4.39 Å². The molecule has 0 radical (unpaired) electrons. The zero-order valence-corrected chi connectivity index (χ0v) is 8.11. The van der Waals surface area contributed by atoms with Crippen molar-refractivity contribution in [2.75, 3.05) is 5.73 Å².